The van der Waals surface area contributed by atoms with Crippen molar-refractivity contribution >= 4 is 38.7 Å². The summed E-state index contributed by atoms with van der Waals surface area (Å²) in [6.07, 6.45) is 0. The van der Waals surface area contributed by atoms with Gasteiger partial charge < -0.3 is 5.73 Å². The molecule has 1 nitrogen and oxygen atoms in total. The van der Waals surface area contributed by atoms with E-state index in [-0.39, 0.29) is 0 Å². The van der Waals surface area contributed by atoms with Crippen LogP contribution >= 0.6 is 22.9 Å². The smallest absolute Gasteiger partial charge is 0.0722 e. The van der Waals surface area contributed by atoms with Gasteiger partial charge in [0.05, 0.1) is 10.7 Å². The molecule has 0 radical (unpaired) electrons. The summed E-state index contributed by atoms with van der Waals surface area (Å²) in [5.74, 6) is 0. The molecule has 0 amide bonds. The molecule has 0 saturated carbocycles. The first-order valence-electron chi connectivity index (χ1n) is 3.20. The minimum Gasteiger partial charge on any atom is -0.398 e. The fraction of sp³-hybridized carbons (Fsp3) is 0. The molecule has 1 aromatic heterocycles. The molecule has 0 bridgehead atoms. The Morgan fingerprint density at radius 1 is 1.27 bits per heavy atom. The fourth-order valence-corrected chi connectivity index (χ4v) is 2.10. The van der Waals surface area contributed by atoms with Crippen LogP contribution < -0.4 is 5.73 Å². The van der Waals surface area contributed by atoms with Crippen LogP contribution in [0, 0.1) is 0 Å². The Kier molecular flexibility index (Phi) is 1.51. The molecule has 0 saturated heterocycles. The van der Waals surface area contributed by atoms with Crippen LogP contribution in [0.2, 0.25) is 5.02 Å². The number of hydrogen-bond acceptors (Lipinski definition) is 2. The first-order chi connectivity index (χ1) is 5.29. The average molecular weight is 184 g/mol. The molecule has 2 N–H and O–H groups in total. The second-order valence-corrected chi connectivity index (χ2v) is 3.63. The van der Waals surface area contributed by atoms with E-state index >= 15 is 0 Å². The number of thiophene rings is 1. The lowest BCUT2D eigenvalue weighted by Crippen LogP contribution is -1.84. The standard InChI is InChI=1S/C8H6ClNS/c9-8-5-3-4-11-7(5)2-1-6(8)10/h1-4H,10H2. The molecule has 0 aliphatic rings. The van der Waals surface area contributed by atoms with Gasteiger partial charge >= 0.3 is 0 Å². The van der Waals surface area contributed by atoms with Crippen LogP contribution in [0.15, 0.2) is 23.6 Å². The number of benzene rings is 1. The van der Waals surface area contributed by atoms with Crippen molar-refractivity contribution in [2.75, 3.05) is 5.73 Å². The third kappa shape index (κ3) is 0.988. The summed E-state index contributed by atoms with van der Waals surface area (Å²) in [5, 5.41) is 3.73. The summed E-state index contributed by atoms with van der Waals surface area (Å²) in [4.78, 5) is 0. The Morgan fingerprint density at radius 2 is 2.09 bits per heavy atom. The lowest BCUT2D eigenvalue weighted by molar-refractivity contribution is 1.78. The number of anilines is 1. The van der Waals surface area contributed by atoms with E-state index in [2.05, 4.69) is 0 Å². The van der Waals surface area contributed by atoms with Crippen LogP contribution in [0.3, 0.4) is 0 Å². The molecule has 56 valence electrons. The van der Waals surface area contributed by atoms with Gasteiger partial charge in [0.1, 0.15) is 0 Å². The molecule has 2 rings (SSSR count). The quantitative estimate of drug-likeness (QED) is 0.624. The predicted molar refractivity (Wildman–Crippen MR) is 51.2 cm³/mol. The molecule has 2 aromatic rings. The van der Waals surface area contributed by atoms with Gasteiger partial charge in [-0.15, -0.1) is 11.3 Å². The monoisotopic (exact) mass is 183 g/mol. The summed E-state index contributed by atoms with van der Waals surface area (Å²) in [6.45, 7) is 0. The number of nitrogens with two attached hydrogens (primary N) is 1. The largest absolute Gasteiger partial charge is 0.398 e. The van der Waals surface area contributed by atoms with Crippen LogP contribution in [0.4, 0.5) is 5.69 Å². The molecule has 0 fully saturated rings. The van der Waals surface area contributed by atoms with Gasteiger partial charge in [-0.2, -0.15) is 0 Å². The summed E-state index contributed by atoms with van der Waals surface area (Å²) in [5.41, 5.74) is 6.27. The highest BCUT2D eigenvalue weighted by Crippen LogP contribution is 2.31. The molecule has 1 heterocycles. The van der Waals surface area contributed by atoms with E-state index in [4.69, 9.17) is 17.3 Å². The van der Waals surface area contributed by atoms with Crippen LogP contribution in [-0.2, 0) is 0 Å². The van der Waals surface area contributed by atoms with E-state index in [0.717, 1.165) is 5.39 Å². The lowest BCUT2D eigenvalue weighted by atomic mass is 10.2. The predicted octanol–water partition coefficient (Wildman–Crippen LogP) is 3.14. The van der Waals surface area contributed by atoms with Gasteiger partial charge in [-0.3, -0.25) is 0 Å². The molecule has 0 aliphatic carbocycles. The van der Waals surface area contributed by atoms with Crippen LogP contribution in [-0.4, -0.2) is 0 Å². The maximum Gasteiger partial charge on any atom is 0.0722 e. The van der Waals surface area contributed by atoms with Crippen molar-refractivity contribution in [2.45, 2.75) is 0 Å². The Labute approximate surface area is 73.4 Å². The summed E-state index contributed by atoms with van der Waals surface area (Å²) in [6, 6.07) is 5.81. The van der Waals surface area contributed by atoms with Crippen LogP contribution in [0.25, 0.3) is 10.1 Å². The van der Waals surface area contributed by atoms with Crippen molar-refractivity contribution in [3.8, 4) is 0 Å². The fourth-order valence-electron chi connectivity index (χ4n) is 1.03. The van der Waals surface area contributed by atoms with Gasteiger partial charge in [0.25, 0.3) is 0 Å². The van der Waals surface area contributed by atoms with E-state index in [1.165, 1.54) is 4.70 Å². The highest BCUT2D eigenvalue weighted by atomic mass is 35.5. The molecule has 0 spiro atoms. The topological polar surface area (TPSA) is 26.0 Å². The summed E-state index contributed by atoms with van der Waals surface area (Å²) < 4.78 is 1.18. The minimum atomic E-state index is 0.651. The van der Waals surface area contributed by atoms with Crippen molar-refractivity contribution in [1.29, 1.82) is 0 Å². The molecular formula is C8H6ClNS. The molecular weight excluding hydrogens is 178 g/mol. The van der Waals surface area contributed by atoms with Crippen LogP contribution in [0.1, 0.15) is 0 Å². The van der Waals surface area contributed by atoms with Gasteiger partial charge in [-0.05, 0) is 23.6 Å². The maximum atomic E-state index is 5.95. The molecule has 0 unspecified atom stereocenters. The Hall–Kier alpha value is -0.730. The molecule has 1 aromatic carbocycles. The maximum absolute atomic E-state index is 5.95. The van der Waals surface area contributed by atoms with Gasteiger partial charge in [-0.1, -0.05) is 11.6 Å². The summed E-state index contributed by atoms with van der Waals surface area (Å²) >= 11 is 7.62. The number of fused-ring (bicyclic) bond motifs is 1. The second-order valence-electron chi connectivity index (χ2n) is 2.30. The van der Waals surface area contributed by atoms with Gasteiger partial charge in [0.15, 0.2) is 0 Å². The SMILES string of the molecule is Nc1ccc2sccc2c1Cl. The second kappa shape index (κ2) is 2.40. The molecule has 11 heavy (non-hydrogen) atoms. The zero-order valence-corrected chi connectivity index (χ0v) is 7.25. The third-order valence-electron chi connectivity index (χ3n) is 1.60. The van der Waals surface area contributed by atoms with E-state index in [9.17, 15) is 0 Å². The Balaban J connectivity index is 2.93. The minimum absolute atomic E-state index is 0.651. The first-order valence-corrected chi connectivity index (χ1v) is 4.46. The van der Waals surface area contributed by atoms with E-state index in [1.54, 1.807) is 11.3 Å². The van der Waals surface area contributed by atoms with Gasteiger partial charge in [-0.25, -0.2) is 0 Å². The normalized spacial score (nSPS) is 10.6. The molecule has 0 atom stereocenters. The highest BCUT2D eigenvalue weighted by Gasteiger charge is 2.02. The first kappa shape index (κ1) is 6.95. The number of rotatable bonds is 0. The zero-order valence-electron chi connectivity index (χ0n) is 5.67. The van der Waals surface area contributed by atoms with E-state index in [0.29, 0.717) is 10.7 Å². The molecule has 3 heteroatoms. The zero-order chi connectivity index (χ0) is 7.84. The van der Waals surface area contributed by atoms with Crippen molar-refractivity contribution in [3.63, 3.8) is 0 Å². The third-order valence-corrected chi connectivity index (χ3v) is 2.90. The average Bonchev–Trinajstić information content (AvgIpc) is 2.45. The highest BCUT2D eigenvalue weighted by molar-refractivity contribution is 7.17. The van der Waals surface area contributed by atoms with E-state index in [1.807, 2.05) is 23.6 Å². The van der Waals surface area contributed by atoms with Crippen LogP contribution in [0.5, 0.6) is 0 Å². The Bertz CT molecular complexity index is 394. The lowest BCUT2D eigenvalue weighted by Gasteiger charge is -1.97. The molecule has 0 aliphatic heterocycles. The van der Waals surface area contributed by atoms with Crippen molar-refractivity contribution in [2.24, 2.45) is 0 Å². The Morgan fingerprint density at radius 3 is 2.91 bits per heavy atom. The number of nitrogen functional groups attached to an aromatic ring is 1. The van der Waals surface area contributed by atoms with Crippen molar-refractivity contribution in [1.82, 2.24) is 0 Å². The van der Waals surface area contributed by atoms with Gasteiger partial charge in [0.2, 0.25) is 0 Å². The van der Waals surface area contributed by atoms with Gasteiger partial charge in [0, 0.05) is 10.1 Å². The number of hydrogen-bond donors (Lipinski definition) is 1. The van der Waals surface area contributed by atoms with Crippen molar-refractivity contribution in [3.05, 3.63) is 28.6 Å². The van der Waals surface area contributed by atoms with E-state index < -0.39 is 0 Å². The van der Waals surface area contributed by atoms with Crippen molar-refractivity contribution < 1.29 is 0 Å². The number of halogens is 1. The summed E-state index contributed by atoms with van der Waals surface area (Å²) in [7, 11) is 0.